The summed E-state index contributed by atoms with van der Waals surface area (Å²) >= 11 is 0. The summed E-state index contributed by atoms with van der Waals surface area (Å²) in [5, 5.41) is 12.9. The molecule has 1 aromatic carbocycles. The van der Waals surface area contributed by atoms with E-state index in [0.29, 0.717) is 6.54 Å². The Morgan fingerprint density at radius 2 is 1.92 bits per heavy atom. The lowest BCUT2D eigenvalue weighted by molar-refractivity contribution is 0.0766. The van der Waals surface area contributed by atoms with Crippen LogP contribution in [0.25, 0.3) is 0 Å². The van der Waals surface area contributed by atoms with Crippen LogP contribution in [0.5, 0.6) is 0 Å². The fourth-order valence-electron chi connectivity index (χ4n) is 3.90. The number of nitrogens with one attached hydrogen (secondary N) is 1. The molecule has 2 atom stereocenters. The van der Waals surface area contributed by atoms with Crippen molar-refractivity contribution in [3.63, 3.8) is 0 Å². The lowest BCUT2D eigenvalue weighted by atomic mass is 9.94. The van der Waals surface area contributed by atoms with Gasteiger partial charge < -0.3 is 20.2 Å². The number of carbonyl (C=O) groups excluding carboxylic acids is 1. The summed E-state index contributed by atoms with van der Waals surface area (Å²) in [5.74, 6) is 0.183. The Balaban J connectivity index is 1.62. The summed E-state index contributed by atoms with van der Waals surface area (Å²) < 4.78 is 0. The summed E-state index contributed by atoms with van der Waals surface area (Å²) in [6, 6.07) is 8.13. The molecule has 0 radical (unpaired) electrons. The highest BCUT2D eigenvalue weighted by Gasteiger charge is 2.26. The molecule has 25 heavy (non-hydrogen) atoms. The van der Waals surface area contributed by atoms with Crippen LogP contribution in [0.2, 0.25) is 0 Å². The number of urea groups is 1. The SMILES string of the molecule is CC(O)C1CCCN(C(=O)Nc2cccc(N3CCCCCC3)c2)C1. The van der Waals surface area contributed by atoms with E-state index in [4.69, 9.17) is 0 Å². The molecule has 2 heterocycles. The van der Waals surface area contributed by atoms with Crippen molar-refractivity contribution >= 4 is 17.4 Å². The van der Waals surface area contributed by atoms with E-state index < -0.39 is 0 Å². The predicted octanol–water partition coefficient (Wildman–Crippen LogP) is 3.69. The van der Waals surface area contributed by atoms with Crippen LogP contribution in [-0.4, -0.2) is 48.3 Å². The smallest absolute Gasteiger partial charge is 0.321 e. The summed E-state index contributed by atoms with van der Waals surface area (Å²) in [5.41, 5.74) is 2.05. The molecule has 2 N–H and O–H groups in total. The molecule has 0 saturated carbocycles. The molecule has 5 heteroatoms. The van der Waals surface area contributed by atoms with Gasteiger partial charge in [-0.15, -0.1) is 0 Å². The fourth-order valence-corrected chi connectivity index (χ4v) is 3.90. The van der Waals surface area contributed by atoms with Gasteiger partial charge in [-0.1, -0.05) is 18.9 Å². The van der Waals surface area contributed by atoms with E-state index in [0.717, 1.165) is 38.2 Å². The number of aliphatic hydroxyl groups excluding tert-OH is 1. The van der Waals surface area contributed by atoms with Gasteiger partial charge in [0.25, 0.3) is 0 Å². The predicted molar refractivity (Wildman–Crippen MR) is 102 cm³/mol. The maximum absolute atomic E-state index is 12.6. The van der Waals surface area contributed by atoms with Crippen LogP contribution in [0.15, 0.2) is 24.3 Å². The minimum absolute atomic E-state index is 0.0571. The standard InChI is InChI=1S/C20H31N3O2/c1-16(24)17-8-7-13-23(15-17)20(25)21-18-9-6-10-19(14-18)22-11-4-2-3-5-12-22/h6,9-10,14,16-17,24H,2-5,7-8,11-13,15H2,1H3,(H,21,25). The molecule has 2 unspecified atom stereocenters. The van der Waals surface area contributed by atoms with Crippen LogP contribution in [0.3, 0.4) is 0 Å². The molecule has 0 bridgehead atoms. The number of likely N-dealkylation sites (tertiary alicyclic amines) is 1. The molecule has 2 fully saturated rings. The largest absolute Gasteiger partial charge is 0.393 e. The Morgan fingerprint density at radius 3 is 2.64 bits per heavy atom. The number of amides is 2. The number of piperidine rings is 1. The van der Waals surface area contributed by atoms with Gasteiger partial charge in [0.2, 0.25) is 0 Å². The van der Waals surface area contributed by atoms with Crippen molar-refractivity contribution in [1.82, 2.24) is 4.90 Å². The first-order valence-corrected chi connectivity index (χ1v) is 9.72. The highest BCUT2D eigenvalue weighted by Crippen LogP contribution is 2.24. The number of anilines is 2. The van der Waals surface area contributed by atoms with E-state index in [1.54, 1.807) is 0 Å². The van der Waals surface area contributed by atoms with Gasteiger partial charge in [0.15, 0.2) is 0 Å². The number of hydrogen-bond donors (Lipinski definition) is 2. The Kier molecular flexibility index (Phi) is 6.19. The molecule has 2 aliphatic heterocycles. The van der Waals surface area contributed by atoms with Crippen LogP contribution < -0.4 is 10.2 Å². The van der Waals surface area contributed by atoms with Gasteiger partial charge in [0.1, 0.15) is 0 Å². The zero-order chi connectivity index (χ0) is 17.6. The molecule has 2 amide bonds. The molecule has 0 aromatic heterocycles. The third kappa shape index (κ3) is 4.88. The van der Waals surface area contributed by atoms with Crippen molar-refractivity contribution in [2.45, 2.75) is 51.6 Å². The molecule has 0 spiro atoms. The van der Waals surface area contributed by atoms with Crippen LogP contribution in [-0.2, 0) is 0 Å². The average molecular weight is 345 g/mol. The third-order valence-electron chi connectivity index (χ3n) is 5.50. The molecule has 2 saturated heterocycles. The maximum Gasteiger partial charge on any atom is 0.321 e. The van der Waals surface area contributed by atoms with Crippen molar-refractivity contribution in [3.8, 4) is 0 Å². The zero-order valence-electron chi connectivity index (χ0n) is 15.3. The van der Waals surface area contributed by atoms with E-state index in [2.05, 4.69) is 22.3 Å². The molecule has 138 valence electrons. The summed E-state index contributed by atoms with van der Waals surface area (Å²) in [6.45, 7) is 5.41. The van der Waals surface area contributed by atoms with Crippen LogP contribution in [0, 0.1) is 5.92 Å². The zero-order valence-corrected chi connectivity index (χ0v) is 15.3. The van der Waals surface area contributed by atoms with Gasteiger partial charge in [0.05, 0.1) is 6.10 Å². The van der Waals surface area contributed by atoms with Gasteiger partial charge in [-0.2, -0.15) is 0 Å². The first kappa shape index (κ1) is 18.1. The molecular formula is C20H31N3O2. The van der Waals surface area contributed by atoms with Crippen molar-refractivity contribution in [1.29, 1.82) is 0 Å². The van der Waals surface area contributed by atoms with Gasteiger partial charge in [-0.3, -0.25) is 0 Å². The number of rotatable bonds is 3. The van der Waals surface area contributed by atoms with Crippen molar-refractivity contribution in [2.75, 3.05) is 36.4 Å². The second-order valence-corrected chi connectivity index (χ2v) is 7.47. The average Bonchev–Trinajstić information content (AvgIpc) is 2.91. The highest BCUT2D eigenvalue weighted by molar-refractivity contribution is 5.90. The monoisotopic (exact) mass is 345 g/mol. The molecule has 3 rings (SSSR count). The Hall–Kier alpha value is -1.75. The Labute approximate surface area is 151 Å². The van der Waals surface area contributed by atoms with E-state index in [1.807, 2.05) is 24.0 Å². The first-order chi connectivity index (χ1) is 12.1. The van der Waals surface area contributed by atoms with Crippen molar-refractivity contribution in [3.05, 3.63) is 24.3 Å². The topological polar surface area (TPSA) is 55.8 Å². The maximum atomic E-state index is 12.6. The quantitative estimate of drug-likeness (QED) is 0.878. The van der Waals surface area contributed by atoms with Gasteiger partial charge >= 0.3 is 6.03 Å². The van der Waals surface area contributed by atoms with E-state index >= 15 is 0 Å². The van der Waals surface area contributed by atoms with Crippen LogP contribution in [0.1, 0.15) is 45.4 Å². The van der Waals surface area contributed by atoms with Crippen molar-refractivity contribution < 1.29 is 9.90 Å². The second kappa shape index (κ2) is 8.56. The van der Waals surface area contributed by atoms with E-state index in [9.17, 15) is 9.90 Å². The first-order valence-electron chi connectivity index (χ1n) is 9.72. The molecule has 2 aliphatic rings. The number of carbonyl (C=O) groups is 1. The normalized spacial score (nSPS) is 23.0. The van der Waals surface area contributed by atoms with Crippen LogP contribution >= 0.6 is 0 Å². The fraction of sp³-hybridized carbons (Fsp3) is 0.650. The van der Waals surface area contributed by atoms with Gasteiger partial charge in [-0.25, -0.2) is 4.79 Å². The molecule has 1 aromatic rings. The number of aliphatic hydroxyl groups is 1. The number of hydrogen-bond acceptors (Lipinski definition) is 3. The Morgan fingerprint density at radius 1 is 1.16 bits per heavy atom. The Bertz CT molecular complexity index is 568. The van der Waals surface area contributed by atoms with E-state index in [-0.39, 0.29) is 18.1 Å². The number of nitrogens with zero attached hydrogens (tertiary/aromatic N) is 2. The molecule has 5 nitrogen and oxygen atoms in total. The third-order valence-corrected chi connectivity index (χ3v) is 5.50. The molecular weight excluding hydrogens is 314 g/mol. The van der Waals surface area contributed by atoms with Crippen LogP contribution in [0.4, 0.5) is 16.2 Å². The summed E-state index contributed by atoms with van der Waals surface area (Å²) in [4.78, 5) is 16.9. The highest BCUT2D eigenvalue weighted by atomic mass is 16.3. The second-order valence-electron chi connectivity index (χ2n) is 7.47. The van der Waals surface area contributed by atoms with Gasteiger partial charge in [0, 0.05) is 43.5 Å². The lowest BCUT2D eigenvalue weighted by Crippen LogP contribution is -2.44. The summed E-state index contributed by atoms with van der Waals surface area (Å²) in [6.07, 6.45) is 6.69. The van der Waals surface area contributed by atoms with E-state index in [1.165, 1.54) is 31.4 Å². The lowest BCUT2D eigenvalue weighted by Gasteiger charge is -2.34. The van der Waals surface area contributed by atoms with Crippen molar-refractivity contribution in [2.24, 2.45) is 5.92 Å². The summed E-state index contributed by atoms with van der Waals surface area (Å²) in [7, 11) is 0. The minimum atomic E-state index is -0.359. The minimum Gasteiger partial charge on any atom is -0.393 e. The number of benzene rings is 1. The van der Waals surface area contributed by atoms with Gasteiger partial charge in [-0.05, 0) is 50.8 Å². The molecule has 0 aliphatic carbocycles.